The number of aliphatic hydroxyl groups excluding tert-OH is 2. The molecule has 2 heterocycles. The molecule has 2 aliphatic rings. The maximum atomic E-state index is 9.42. The molecule has 0 aliphatic carbocycles. The number of likely N-dealkylation sites (tertiary alicyclic amines) is 2. The van der Waals surface area contributed by atoms with Crippen molar-refractivity contribution >= 4 is 0 Å². The van der Waals surface area contributed by atoms with E-state index in [0.29, 0.717) is 0 Å². The van der Waals surface area contributed by atoms with Gasteiger partial charge in [0.15, 0.2) is 0 Å². The molecule has 5 heteroatoms. The fourth-order valence-electron chi connectivity index (χ4n) is 2.78. The Morgan fingerprint density at radius 2 is 1.11 bits per heavy atom. The lowest BCUT2D eigenvalue weighted by atomic mass is 10.1. The van der Waals surface area contributed by atoms with Gasteiger partial charge >= 0.3 is 0 Å². The first-order valence-electron chi connectivity index (χ1n) is 7.62. The quantitative estimate of drug-likeness (QED) is 0.662. The van der Waals surface area contributed by atoms with Crippen LogP contribution in [0.5, 0.6) is 0 Å². The minimum atomic E-state index is -0.0911. The maximum absolute atomic E-state index is 9.42. The van der Waals surface area contributed by atoms with Crippen molar-refractivity contribution in [2.75, 3.05) is 52.5 Å². The van der Waals surface area contributed by atoms with E-state index in [4.69, 9.17) is 4.74 Å². The van der Waals surface area contributed by atoms with Crippen molar-refractivity contribution < 1.29 is 14.9 Å². The number of piperidine rings is 2. The summed E-state index contributed by atoms with van der Waals surface area (Å²) in [5.74, 6) is 0. The summed E-state index contributed by atoms with van der Waals surface area (Å²) in [6.45, 7) is 7.50. The van der Waals surface area contributed by atoms with Gasteiger partial charge in [-0.05, 0) is 25.7 Å². The number of aliphatic hydroxyl groups is 2. The van der Waals surface area contributed by atoms with Gasteiger partial charge in [0.1, 0.15) is 0 Å². The molecule has 0 unspecified atom stereocenters. The summed E-state index contributed by atoms with van der Waals surface area (Å²) in [6.07, 6.45) is 3.41. The molecule has 0 radical (unpaired) electrons. The zero-order valence-corrected chi connectivity index (χ0v) is 11.8. The van der Waals surface area contributed by atoms with Crippen LogP contribution in [0.2, 0.25) is 0 Å². The normalized spacial score (nSPS) is 24.9. The van der Waals surface area contributed by atoms with Gasteiger partial charge in [-0.25, -0.2) is 0 Å². The summed E-state index contributed by atoms with van der Waals surface area (Å²) in [5, 5.41) is 18.8. The fourth-order valence-corrected chi connectivity index (χ4v) is 2.78. The second kappa shape index (κ2) is 8.17. The second-order valence-electron chi connectivity index (χ2n) is 5.76. The third-order valence-corrected chi connectivity index (χ3v) is 4.22. The second-order valence-corrected chi connectivity index (χ2v) is 5.76. The molecule has 2 aliphatic heterocycles. The van der Waals surface area contributed by atoms with E-state index in [1.807, 2.05) is 0 Å². The highest BCUT2D eigenvalue weighted by Crippen LogP contribution is 2.10. The highest BCUT2D eigenvalue weighted by Gasteiger charge is 2.17. The molecule has 19 heavy (non-hydrogen) atoms. The van der Waals surface area contributed by atoms with E-state index in [-0.39, 0.29) is 12.2 Å². The van der Waals surface area contributed by atoms with Crippen LogP contribution >= 0.6 is 0 Å². The average molecular weight is 272 g/mol. The molecule has 0 atom stereocenters. The average Bonchev–Trinajstić information content (AvgIpc) is 2.43. The van der Waals surface area contributed by atoms with Crippen LogP contribution in [0.1, 0.15) is 25.7 Å². The number of ether oxygens (including phenoxy) is 1. The maximum Gasteiger partial charge on any atom is 0.0594 e. The zero-order valence-electron chi connectivity index (χ0n) is 11.8. The summed E-state index contributed by atoms with van der Waals surface area (Å²) in [6, 6.07) is 0. The molecule has 0 saturated carbocycles. The van der Waals surface area contributed by atoms with E-state index < -0.39 is 0 Å². The third-order valence-electron chi connectivity index (χ3n) is 4.22. The Morgan fingerprint density at radius 1 is 0.737 bits per heavy atom. The van der Waals surface area contributed by atoms with Crippen molar-refractivity contribution in [3.05, 3.63) is 0 Å². The monoisotopic (exact) mass is 272 g/mol. The summed E-state index contributed by atoms with van der Waals surface area (Å²) in [5.41, 5.74) is 0. The predicted octanol–water partition coefficient (Wildman–Crippen LogP) is -0.0836. The minimum absolute atomic E-state index is 0.0911. The van der Waals surface area contributed by atoms with Gasteiger partial charge < -0.3 is 24.7 Å². The van der Waals surface area contributed by atoms with Crippen molar-refractivity contribution in [3.63, 3.8) is 0 Å². The van der Waals surface area contributed by atoms with Gasteiger partial charge in [0.2, 0.25) is 0 Å². The first kappa shape index (κ1) is 15.2. The van der Waals surface area contributed by atoms with Crippen LogP contribution in [-0.4, -0.2) is 84.7 Å². The molecule has 0 aromatic carbocycles. The summed E-state index contributed by atoms with van der Waals surface area (Å²) in [4.78, 5) is 4.73. The molecule has 0 aromatic heterocycles. The Labute approximate surface area is 116 Å². The van der Waals surface area contributed by atoms with Crippen molar-refractivity contribution in [1.82, 2.24) is 9.80 Å². The minimum Gasteiger partial charge on any atom is -0.393 e. The third kappa shape index (κ3) is 5.75. The number of hydrogen-bond acceptors (Lipinski definition) is 5. The molecule has 2 saturated heterocycles. The highest BCUT2D eigenvalue weighted by molar-refractivity contribution is 4.71. The Hall–Kier alpha value is -0.200. The smallest absolute Gasteiger partial charge is 0.0594 e. The van der Waals surface area contributed by atoms with Gasteiger partial charge in [0.05, 0.1) is 25.4 Å². The van der Waals surface area contributed by atoms with Crippen LogP contribution in [0.15, 0.2) is 0 Å². The van der Waals surface area contributed by atoms with Crippen LogP contribution in [0.3, 0.4) is 0 Å². The lowest BCUT2D eigenvalue weighted by molar-refractivity contribution is 0.0375. The molecule has 0 aromatic rings. The first-order chi connectivity index (χ1) is 9.24. The van der Waals surface area contributed by atoms with Crippen LogP contribution in [0.25, 0.3) is 0 Å². The van der Waals surface area contributed by atoms with E-state index in [0.717, 1.165) is 78.2 Å². The lowest BCUT2D eigenvalue weighted by Crippen LogP contribution is -2.39. The Kier molecular flexibility index (Phi) is 6.53. The molecular formula is C14H28N2O3. The molecule has 5 nitrogen and oxygen atoms in total. The Morgan fingerprint density at radius 3 is 1.47 bits per heavy atom. The SMILES string of the molecule is OC1CCN(CCOCCN2CCC(O)CC2)CC1. The Balaban J connectivity index is 1.44. The molecule has 2 fully saturated rings. The highest BCUT2D eigenvalue weighted by atomic mass is 16.5. The van der Waals surface area contributed by atoms with Gasteiger partial charge in [0.25, 0.3) is 0 Å². The van der Waals surface area contributed by atoms with Crippen molar-refractivity contribution in [3.8, 4) is 0 Å². The topological polar surface area (TPSA) is 56.2 Å². The number of nitrogens with zero attached hydrogens (tertiary/aromatic N) is 2. The standard InChI is InChI=1S/C14H28N2O3/c17-13-1-5-15(6-2-13)9-11-19-12-10-16-7-3-14(18)4-8-16/h13-14,17-18H,1-12H2. The van der Waals surface area contributed by atoms with Crippen LogP contribution in [0, 0.1) is 0 Å². The largest absolute Gasteiger partial charge is 0.393 e. The van der Waals surface area contributed by atoms with E-state index in [1.54, 1.807) is 0 Å². The molecular weight excluding hydrogens is 244 g/mol. The Bertz CT molecular complexity index is 213. The molecule has 2 rings (SSSR count). The van der Waals surface area contributed by atoms with Gasteiger partial charge in [-0.1, -0.05) is 0 Å². The zero-order chi connectivity index (χ0) is 13.5. The molecule has 0 spiro atoms. The van der Waals surface area contributed by atoms with Crippen LogP contribution in [-0.2, 0) is 4.74 Å². The van der Waals surface area contributed by atoms with Crippen molar-refractivity contribution in [2.24, 2.45) is 0 Å². The first-order valence-corrected chi connectivity index (χ1v) is 7.62. The van der Waals surface area contributed by atoms with Crippen molar-refractivity contribution in [2.45, 2.75) is 37.9 Å². The molecule has 0 amide bonds. The summed E-state index contributed by atoms with van der Waals surface area (Å²) < 4.78 is 5.68. The molecule has 0 bridgehead atoms. The summed E-state index contributed by atoms with van der Waals surface area (Å²) in [7, 11) is 0. The van der Waals surface area contributed by atoms with E-state index in [2.05, 4.69) is 9.80 Å². The molecule has 2 N–H and O–H groups in total. The number of hydrogen-bond donors (Lipinski definition) is 2. The molecule has 112 valence electrons. The van der Waals surface area contributed by atoms with Crippen LogP contribution in [0.4, 0.5) is 0 Å². The van der Waals surface area contributed by atoms with Crippen molar-refractivity contribution in [1.29, 1.82) is 0 Å². The lowest BCUT2D eigenvalue weighted by Gasteiger charge is -2.30. The van der Waals surface area contributed by atoms with Gasteiger partial charge in [-0.15, -0.1) is 0 Å². The van der Waals surface area contributed by atoms with Gasteiger partial charge in [-0.3, -0.25) is 0 Å². The predicted molar refractivity (Wildman–Crippen MR) is 74.2 cm³/mol. The fraction of sp³-hybridized carbons (Fsp3) is 1.00. The van der Waals surface area contributed by atoms with Crippen LogP contribution < -0.4 is 0 Å². The van der Waals surface area contributed by atoms with Gasteiger partial charge in [0, 0.05) is 39.3 Å². The van der Waals surface area contributed by atoms with E-state index in [9.17, 15) is 10.2 Å². The van der Waals surface area contributed by atoms with E-state index >= 15 is 0 Å². The van der Waals surface area contributed by atoms with Gasteiger partial charge in [-0.2, -0.15) is 0 Å². The van der Waals surface area contributed by atoms with E-state index in [1.165, 1.54) is 0 Å². The number of rotatable bonds is 6. The summed E-state index contributed by atoms with van der Waals surface area (Å²) >= 11 is 0.